The van der Waals surface area contributed by atoms with E-state index in [0.29, 0.717) is 19.6 Å². The van der Waals surface area contributed by atoms with Crippen molar-refractivity contribution in [1.29, 1.82) is 0 Å². The Balaban J connectivity index is 2.61. The molecule has 3 nitrogen and oxygen atoms in total. The summed E-state index contributed by atoms with van der Waals surface area (Å²) in [5.74, 6) is -1.11. The Morgan fingerprint density at radius 3 is 2.42 bits per heavy atom. The number of rotatable bonds is 8. The molecule has 0 aromatic heterocycles. The summed E-state index contributed by atoms with van der Waals surface area (Å²) in [4.78, 5) is -0.119. The van der Waals surface area contributed by atoms with Gasteiger partial charge in [-0.1, -0.05) is 0 Å². The quantitative estimate of drug-likeness (QED) is 0.691. The van der Waals surface area contributed by atoms with Crippen LogP contribution in [0.2, 0.25) is 0 Å². The highest BCUT2D eigenvalue weighted by atomic mass is 32.2. The van der Waals surface area contributed by atoms with Crippen LogP contribution in [-0.2, 0) is 20.3 Å². The van der Waals surface area contributed by atoms with Gasteiger partial charge in [-0.2, -0.15) is 0 Å². The number of ether oxygens (including phenoxy) is 2. The van der Waals surface area contributed by atoms with Gasteiger partial charge < -0.3 is 9.47 Å². The number of benzene rings is 1. The van der Waals surface area contributed by atoms with Crippen LogP contribution in [0.1, 0.15) is 20.3 Å². The molecular weight excluding hydrogens is 274 g/mol. The molecule has 0 bridgehead atoms. The van der Waals surface area contributed by atoms with Crippen molar-refractivity contribution in [3.63, 3.8) is 0 Å². The third-order valence-electron chi connectivity index (χ3n) is 2.38. The van der Waals surface area contributed by atoms with E-state index in [2.05, 4.69) is 0 Å². The maximum atomic E-state index is 13.4. The van der Waals surface area contributed by atoms with E-state index in [4.69, 9.17) is 9.47 Å². The van der Waals surface area contributed by atoms with Crippen LogP contribution in [0.25, 0.3) is 0 Å². The Bertz CT molecular complexity index is 420. The number of hydrogen-bond donors (Lipinski definition) is 0. The van der Waals surface area contributed by atoms with Crippen LogP contribution in [0.15, 0.2) is 23.1 Å². The van der Waals surface area contributed by atoms with Gasteiger partial charge in [0.15, 0.2) is 6.29 Å². The summed E-state index contributed by atoms with van der Waals surface area (Å²) >= 11 is 0. The minimum atomic E-state index is -1.61. The topological polar surface area (TPSA) is 35.5 Å². The van der Waals surface area contributed by atoms with E-state index >= 15 is 0 Å². The maximum Gasteiger partial charge on any atom is 0.158 e. The molecule has 1 aromatic rings. The Morgan fingerprint density at radius 1 is 1.21 bits per heavy atom. The summed E-state index contributed by atoms with van der Waals surface area (Å²) in [5, 5.41) is 0. The van der Waals surface area contributed by atoms with Crippen molar-refractivity contribution >= 4 is 10.8 Å². The van der Waals surface area contributed by atoms with Gasteiger partial charge in [0.05, 0.1) is 15.7 Å². The van der Waals surface area contributed by atoms with Gasteiger partial charge in [-0.3, -0.25) is 4.21 Å². The van der Waals surface area contributed by atoms with Gasteiger partial charge in [-0.25, -0.2) is 8.78 Å². The van der Waals surface area contributed by atoms with E-state index in [1.54, 1.807) is 0 Å². The molecular formula is C13H18F2O3S. The smallest absolute Gasteiger partial charge is 0.158 e. The van der Waals surface area contributed by atoms with Crippen molar-refractivity contribution in [2.45, 2.75) is 31.5 Å². The van der Waals surface area contributed by atoms with Gasteiger partial charge in [0.2, 0.25) is 0 Å². The van der Waals surface area contributed by atoms with Crippen molar-refractivity contribution in [3.8, 4) is 0 Å². The minimum Gasteiger partial charge on any atom is -0.353 e. The molecule has 0 radical (unpaired) electrons. The summed E-state index contributed by atoms with van der Waals surface area (Å²) in [5.41, 5.74) is 0. The van der Waals surface area contributed by atoms with Crippen molar-refractivity contribution in [3.05, 3.63) is 29.8 Å². The second-order valence-electron chi connectivity index (χ2n) is 3.75. The van der Waals surface area contributed by atoms with E-state index in [1.807, 2.05) is 13.8 Å². The zero-order chi connectivity index (χ0) is 14.3. The second-order valence-corrected chi connectivity index (χ2v) is 5.29. The fourth-order valence-corrected chi connectivity index (χ4v) is 2.71. The normalized spacial score (nSPS) is 12.9. The van der Waals surface area contributed by atoms with E-state index in [0.717, 1.165) is 18.2 Å². The molecule has 19 heavy (non-hydrogen) atoms. The Labute approximate surface area is 114 Å². The predicted molar refractivity (Wildman–Crippen MR) is 69.3 cm³/mol. The lowest BCUT2D eigenvalue weighted by atomic mass is 10.3. The van der Waals surface area contributed by atoms with Gasteiger partial charge >= 0.3 is 0 Å². The standard InChI is InChI=1S/C13H18F2O3S/c1-3-17-13(18-4-2)7-8-19(16)12-9-10(14)5-6-11(12)15/h5-6,9,13H,3-4,7-8H2,1-2H3. The summed E-state index contributed by atoms with van der Waals surface area (Å²) in [6.07, 6.45) is -0.0971. The Morgan fingerprint density at radius 2 is 1.84 bits per heavy atom. The largest absolute Gasteiger partial charge is 0.353 e. The van der Waals surface area contributed by atoms with E-state index < -0.39 is 28.7 Å². The van der Waals surface area contributed by atoms with Crippen molar-refractivity contribution in [1.82, 2.24) is 0 Å². The fourth-order valence-electron chi connectivity index (χ4n) is 1.55. The van der Waals surface area contributed by atoms with Crippen LogP contribution in [0.5, 0.6) is 0 Å². The molecule has 0 saturated heterocycles. The first-order valence-electron chi connectivity index (χ1n) is 6.15. The average molecular weight is 292 g/mol. The van der Waals surface area contributed by atoms with E-state index in [1.165, 1.54) is 0 Å². The lowest BCUT2D eigenvalue weighted by Gasteiger charge is -2.16. The Kier molecular flexibility index (Phi) is 7.12. The molecule has 1 aromatic carbocycles. The third-order valence-corrected chi connectivity index (χ3v) is 3.79. The van der Waals surface area contributed by atoms with Gasteiger partial charge in [0, 0.05) is 25.4 Å². The SMILES string of the molecule is CCOC(CCS(=O)c1cc(F)ccc1F)OCC. The molecule has 0 heterocycles. The molecule has 0 amide bonds. The van der Waals surface area contributed by atoms with Crippen LogP contribution in [0.3, 0.4) is 0 Å². The lowest BCUT2D eigenvalue weighted by molar-refractivity contribution is -0.136. The van der Waals surface area contributed by atoms with Crippen molar-refractivity contribution in [2.24, 2.45) is 0 Å². The Hall–Kier alpha value is -0.850. The molecule has 6 heteroatoms. The van der Waals surface area contributed by atoms with Crippen LogP contribution in [0, 0.1) is 11.6 Å². The van der Waals surface area contributed by atoms with Crippen LogP contribution in [-0.4, -0.2) is 29.5 Å². The predicted octanol–water partition coefficient (Wildman–Crippen LogP) is 2.86. The molecule has 0 fully saturated rings. The highest BCUT2D eigenvalue weighted by Crippen LogP contribution is 2.16. The first-order chi connectivity index (χ1) is 9.08. The first-order valence-corrected chi connectivity index (χ1v) is 7.47. The van der Waals surface area contributed by atoms with Crippen LogP contribution in [0.4, 0.5) is 8.78 Å². The zero-order valence-electron chi connectivity index (χ0n) is 11.0. The van der Waals surface area contributed by atoms with E-state index in [9.17, 15) is 13.0 Å². The van der Waals surface area contributed by atoms with Gasteiger partial charge in [-0.05, 0) is 32.0 Å². The number of halogens is 2. The molecule has 0 saturated carbocycles. The zero-order valence-corrected chi connectivity index (χ0v) is 11.8. The monoisotopic (exact) mass is 292 g/mol. The molecule has 108 valence electrons. The summed E-state index contributed by atoms with van der Waals surface area (Å²) in [6, 6.07) is 2.94. The molecule has 0 aliphatic carbocycles. The minimum absolute atomic E-state index is 0.119. The highest BCUT2D eigenvalue weighted by molar-refractivity contribution is 7.85. The van der Waals surface area contributed by atoms with Crippen LogP contribution < -0.4 is 0 Å². The van der Waals surface area contributed by atoms with Gasteiger partial charge in [-0.15, -0.1) is 0 Å². The van der Waals surface area contributed by atoms with Gasteiger partial charge in [0.25, 0.3) is 0 Å². The summed E-state index contributed by atoms with van der Waals surface area (Å²) in [6.45, 7) is 4.61. The summed E-state index contributed by atoms with van der Waals surface area (Å²) in [7, 11) is -1.61. The molecule has 0 spiro atoms. The average Bonchev–Trinajstić information content (AvgIpc) is 2.39. The molecule has 0 N–H and O–H groups in total. The molecule has 0 aliphatic rings. The van der Waals surface area contributed by atoms with Gasteiger partial charge in [0.1, 0.15) is 11.6 Å². The van der Waals surface area contributed by atoms with Crippen molar-refractivity contribution < 1.29 is 22.5 Å². The maximum absolute atomic E-state index is 13.4. The third kappa shape index (κ3) is 5.34. The molecule has 0 aliphatic heterocycles. The molecule has 1 unspecified atom stereocenters. The van der Waals surface area contributed by atoms with Crippen molar-refractivity contribution in [2.75, 3.05) is 19.0 Å². The summed E-state index contributed by atoms with van der Waals surface area (Å²) < 4.78 is 48.9. The molecule has 1 atom stereocenters. The number of hydrogen-bond acceptors (Lipinski definition) is 3. The first kappa shape index (κ1) is 16.2. The fraction of sp³-hybridized carbons (Fsp3) is 0.538. The highest BCUT2D eigenvalue weighted by Gasteiger charge is 2.15. The van der Waals surface area contributed by atoms with Crippen LogP contribution >= 0.6 is 0 Å². The van der Waals surface area contributed by atoms with E-state index in [-0.39, 0.29) is 10.6 Å². The molecule has 1 rings (SSSR count). The second kappa shape index (κ2) is 8.35. The lowest BCUT2D eigenvalue weighted by Crippen LogP contribution is -2.20.